The van der Waals surface area contributed by atoms with Gasteiger partial charge in [0.05, 0.1) is 12.2 Å². The van der Waals surface area contributed by atoms with E-state index in [0.29, 0.717) is 31.2 Å². The number of benzene rings is 1. The van der Waals surface area contributed by atoms with Gasteiger partial charge in [-0.2, -0.15) is 0 Å². The molecule has 0 aliphatic carbocycles. The summed E-state index contributed by atoms with van der Waals surface area (Å²) in [5.74, 6) is -0.997. The van der Waals surface area contributed by atoms with E-state index in [1.807, 2.05) is 23.1 Å². The molecule has 1 aliphatic rings. The van der Waals surface area contributed by atoms with Gasteiger partial charge in [0.1, 0.15) is 0 Å². The van der Waals surface area contributed by atoms with Crippen molar-refractivity contribution in [1.29, 1.82) is 0 Å². The van der Waals surface area contributed by atoms with Gasteiger partial charge >= 0.3 is 0 Å². The lowest BCUT2D eigenvalue weighted by molar-refractivity contribution is -0.122. The first-order valence-corrected chi connectivity index (χ1v) is 9.19. The van der Waals surface area contributed by atoms with Crippen molar-refractivity contribution in [2.24, 2.45) is 11.7 Å². The van der Waals surface area contributed by atoms with Crippen LogP contribution in [0.1, 0.15) is 5.56 Å². The Morgan fingerprint density at radius 1 is 1.36 bits per heavy atom. The van der Waals surface area contributed by atoms with Crippen LogP contribution < -0.4 is 5.73 Å². The zero-order chi connectivity index (χ0) is 16.3. The van der Waals surface area contributed by atoms with Crippen molar-refractivity contribution >= 4 is 27.5 Å². The summed E-state index contributed by atoms with van der Waals surface area (Å²) in [4.78, 5) is 13.6. The maximum Gasteiger partial charge on any atom is 0.223 e. The quantitative estimate of drug-likeness (QED) is 0.862. The van der Waals surface area contributed by atoms with Gasteiger partial charge in [0.2, 0.25) is 15.9 Å². The predicted molar refractivity (Wildman–Crippen MR) is 85.8 cm³/mol. The Balaban J connectivity index is 2.14. The van der Waals surface area contributed by atoms with Gasteiger partial charge in [-0.05, 0) is 17.7 Å². The van der Waals surface area contributed by atoms with E-state index >= 15 is 0 Å². The number of hydrogen-bond acceptors (Lipinski definition) is 4. The lowest BCUT2D eigenvalue weighted by Crippen LogP contribution is -2.40. The largest absolute Gasteiger partial charge is 0.369 e. The highest BCUT2D eigenvalue weighted by atomic mass is 35.5. The number of carbonyl (C=O) groups excluding carboxylic acids is 1. The molecule has 122 valence electrons. The molecule has 8 heteroatoms. The highest BCUT2D eigenvalue weighted by Crippen LogP contribution is 2.17. The van der Waals surface area contributed by atoms with Gasteiger partial charge in [-0.3, -0.25) is 9.69 Å². The number of amides is 1. The molecule has 6 nitrogen and oxygen atoms in total. The van der Waals surface area contributed by atoms with E-state index in [0.717, 1.165) is 11.8 Å². The van der Waals surface area contributed by atoms with E-state index < -0.39 is 21.8 Å². The smallest absolute Gasteiger partial charge is 0.223 e. The van der Waals surface area contributed by atoms with Crippen LogP contribution in [-0.4, -0.2) is 56.0 Å². The number of primary amides is 1. The van der Waals surface area contributed by atoms with Gasteiger partial charge in [-0.15, -0.1) is 0 Å². The van der Waals surface area contributed by atoms with Crippen molar-refractivity contribution in [3.63, 3.8) is 0 Å². The van der Waals surface area contributed by atoms with Crippen LogP contribution >= 0.6 is 11.6 Å². The third-order valence-electron chi connectivity index (χ3n) is 3.73. The van der Waals surface area contributed by atoms with E-state index in [4.69, 9.17) is 17.3 Å². The monoisotopic (exact) mass is 345 g/mol. The summed E-state index contributed by atoms with van der Waals surface area (Å²) < 4.78 is 24.8. The normalized spacial score (nSPS) is 21.5. The van der Waals surface area contributed by atoms with Gasteiger partial charge in [0.15, 0.2) is 0 Å². The number of halogens is 1. The van der Waals surface area contributed by atoms with Gasteiger partial charge in [0.25, 0.3) is 0 Å². The number of hydrogen-bond donors (Lipinski definition) is 1. The van der Waals surface area contributed by atoms with Crippen LogP contribution in [0.15, 0.2) is 24.3 Å². The van der Waals surface area contributed by atoms with Crippen LogP contribution in [0.3, 0.4) is 0 Å². The maximum absolute atomic E-state index is 11.8. The van der Waals surface area contributed by atoms with E-state index in [-0.39, 0.29) is 6.54 Å². The minimum absolute atomic E-state index is 0.139. The van der Waals surface area contributed by atoms with E-state index in [9.17, 15) is 13.2 Å². The molecule has 1 fully saturated rings. The van der Waals surface area contributed by atoms with Crippen molar-refractivity contribution in [2.45, 2.75) is 6.54 Å². The van der Waals surface area contributed by atoms with Gasteiger partial charge in [0, 0.05) is 37.7 Å². The van der Waals surface area contributed by atoms with Gasteiger partial charge < -0.3 is 5.73 Å². The Morgan fingerprint density at radius 2 is 2.09 bits per heavy atom. The molecule has 1 saturated heterocycles. The molecule has 1 aromatic rings. The van der Waals surface area contributed by atoms with Gasteiger partial charge in [-0.1, -0.05) is 23.7 Å². The lowest BCUT2D eigenvalue weighted by atomic mass is 10.1. The molecule has 22 heavy (non-hydrogen) atoms. The Kier molecular flexibility index (Phi) is 5.44. The lowest BCUT2D eigenvalue weighted by Gasteiger charge is -2.22. The predicted octanol–water partition coefficient (Wildman–Crippen LogP) is 0.519. The number of carbonyl (C=O) groups is 1. The molecule has 0 saturated carbocycles. The molecular formula is C14H20ClN3O3S. The summed E-state index contributed by atoms with van der Waals surface area (Å²) >= 11 is 5.98. The summed E-state index contributed by atoms with van der Waals surface area (Å²) in [6.07, 6.45) is 1.15. The fraction of sp³-hybridized carbons (Fsp3) is 0.500. The summed E-state index contributed by atoms with van der Waals surface area (Å²) in [5, 5.41) is 0.650. The molecule has 0 radical (unpaired) electrons. The third kappa shape index (κ3) is 4.67. The second-order valence-corrected chi connectivity index (χ2v) is 8.00. The molecule has 1 heterocycles. The standard InChI is InChI=1S/C14H20ClN3O3S/c1-22(20,21)18-6-5-17(9-12(10-18)14(16)19)8-11-3-2-4-13(15)7-11/h2-4,7,12H,5-6,8-10H2,1H3,(H2,16,19). The fourth-order valence-electron chi connectivity index (χ4n) is 2.57. The maximum atomic E-state index is 11.8. The van der Waals surface area contributed by atoms with Crippen molar-refractivity contribution in [3.05, 3.63) is 34.9 Å². The molecule has 1 aromatic carbocycles. The average Bonchev–Trinajstić information content (AvgIpc) is 2.61. The zero-order valence-electron chi connectivity index (χ0n) is 12.4. The SMILES string of the molecule is CS(=O)(=O)N1CCN(Cc2cccc(Cl)c2)CC(C(N)=O)C1. The summed E-state index contributed by atoms with van der Waals surface area (Å²) in [7, 11) is -3.34. The molecule has 1 aliphatic heterocycles. The fourth-order valence-corrected chi connectivity index (χ4v) is 3.65. The Morgan fingerprint density at radius 3 is 2.68 bits per heavy atom. The second-order valence-electron chi connectivity index (χ2n) is 5.59. The highest BCUT2D eigenvalue weighted by Gasteiger charge is 2.30. The molecular weight excluding hydrogens is 326 g/mol. The van der Waals surface area contributed by atoms with Gasteiger partial charge in [-0.25, -0.2) is 12.7 Å². The number of sulfonamides is 1. The first-order chi connectivity index (χ1) is 10.3. The van der Waals surface area contributed by atoms with Crippen molar-refractivity contribution in [1.82, 2.24) is 9.21 Å². The topological polar surface area (TPSA) is 83.7 Å². The molecule has 2 N–H and O–H groups in total. The molecule has 0 aromatic heterocycles. The van der Waals surface area contributed by atoms with Crippen LogP contribution in [0.2, 0.25) is 5.02 Å². The van der Waals surface area contributed by atoms with E-state index in [2.05, 4.69) is 0 Å². The van der Waals surface area contributed by atoms with E-state index in [1.165, 1.54) is 4.31 Å². The summed E-state index contributed by atoms with van der Waals surface area (Å²) in [6, 6.07) is 7.47. The Bertz CT molecular complexity index is 650. The molecule has 0 spiro atoms. The number of nitrogens with zero attached hydrogens (tertiary/aromatic N) is 2. The molecule has 1 amide bonds. The Labute approximate surface area is 135 Å². The zero-order valence-corrected chi connectivity index (χ0v) is 14.0. The first kappa shape index (κ1) is 17.2. The molecule has 0 bridgehead atoms. The third-order valence-corrected chi connectivity index (χ3v) is 5.24. The van der Waals surface area contributed by atoms with Crippen molar-refractivity contribution < 1.29 is 13.2 Å². The highest BCUT2D eigenvalue weighted by molar-refractivity contribution is 7.88. The van der Waals surface area contributed by atoms with Crippen molar-refractivity contribution in [3.8, 4) is 0 Å². The van der Waals surface area contributed by atoms with Crippen LogP contribution in [0.5, 0.6) is 0 Å². The van der Waals surface area contributed by atoms with Crippen LogP contribution in [0, 0.1) is 5.92 Å². The summed E-state index contributed by atoms with van der Waals surface area (Å²) in [5.41, 5.74) is 6.43. The minimum atomic E-state index is -3.34. The summed E-state index contributed by atoms with van der Waals surface area (Å²) in [6.45, 7) is 2.07. The molecule has 1 atom stereocenters. The molecule has 1 unspecified atom stereocenters. The average molecular weight is 346 g/mol. The second kappa shape index (κ2) is 6.95. The van der Waals surface area contributed by atoms with Crippen molar-refractivity contribution in [2.75, 3.05) is 32.4 Å². The number of nitrogens with two attached hydrogens (primary N) is 1. The Hall–Kier alpha value is -1.15. The van der Waals surface area contributed by atoms with E-state index in [1.54, 1.807) is 6.07 Å². The van der Waals surface area contributed by atoms with Crippen LogP contribution in [0.4, 0.5) is 0 Å². The number of rotatable bonds is 4. The minimum Gasteiger partial charge on any atom is -0.369 e. The molecule has 2 rings (SSSR count). The van der Waals surface area contributed by atoms with Crippen LogP contribution in [-0.2, 0) is 21.4 Å². The first-order valence-electron chi connectivity index (χ1n) is 6.97. The van der Waals surface area contributed by atoms with Crippen LogP contribution in [0.25, 0.3) is 0 Å².